The number of thioether (sulfide) groups is 1. The number of imide groups is 1. The van der Waals surface area contributed by atoms with E-state index in [0.29, 0.717) is 11.7 Å². The lowest BCUT2D eigenvalue weighted by atomic mass is 9.99. The van der Waals surface area contributed by atoms with E-state index in [1.807, 2.05) is 5.38 Å². The van der Waals surface area contributed by atoms with Gasteiger partial charge in [0.2, 0.25) is 0 Å². The van der Waals surface area contributed by atoms with Gasteiger partial charge in [0.1, 0.15) is 5.54 Å². The van der Waals surface area contributed by atoms with Gasteiger partial charge in [0, 0.05) is 17.1 Å². The summed E-state index contributed by atoms with van der Waals surface area (Å²) in [5.41, 5.74) is 0.142. The smallest absolute Gasteiger partial charge is 0.322 e. The Hall–Kier alpha value is -1.08. The summed E-state index contributed by atoms with van der Waals surface area (Å²) in [5.74, 6) is 1.89. The van der Waals surface area contributed by atoms with E-state index in [1.54, 1.807) is 23.1 Å². The fraction of sp³-hybridized carbons (Fsp3) is 0.615. The highest BCUT2D eigenvalue weighted by Crippen LogP contribution is 2.34. The van der Waals surface area contributed by atoms with Crippen LogP contribution in [0.25, 0.3) is 0 Å². The quantitative estimate of drug-likeness (QED) is 0.869. The van der Waals surface area contributed by atoms with E-state index in [-0.39, 0.29) is 18.5 Å². The molecule has 1 aromatic heterocycles. The number of rotatable bonds is 3. The largest absolute Gasteiger partial charge is 0.325 e. The molecule has 0 bridgehead atoms. The second-order valence-electron chi connectivity index (χ2n) is 5.54. The molecule has 2 aliphatic heterocycles. The Bertz CT molecular complexity index is 550. The summed E-state index contributed by atoms with van der Waals surface area (Å²) >= 11 is 3.30. The van der Waals surface area contributed by atoms with E-state index in [2.05, 4.69) is 24.1 Å². The minimum absolute atomic E-state index is 0.0911. The van der Waals surface area contributed by atoms with Gasteiger partial charge in [-0.15, -0.1) is 11.3 Å². The number of carbonyl (C=O) groups excluding carboxylic acids is 2. The first kappa shape index (κ1) is 13.9. The molecule has 7 heteroatoms. The van der Waals surface area contributed by atoms with Crippen LogP contribution in [0, 0.1) is 0 Å². The number of hydrogen-bond acceptors (Lipinski definition) is 5. The van der Waals surface area contributed by atoms with Gasteiger partial charge < -0.3 is 5.32 Å². The van der Waals surface area contributed by atoms with Crippen molar-refractivity contribution in [2.24, 2.45) is 0 Å². The Morgan fingerprint density at radius 1 is 1.50 bits per heavy atom. The highest BCUT2D eigenvalue weighted by Gasteiger charge is 2.52. The first-order valence-electron chi connectivity index (χ1n) is 6.68. The maximum absolute atomic E-state index is 12.5. The SMILES string of the molecule is CC(C)c1nc(CN2C(=O)N[C@@]3(CCSC3)C2=O)cs1. The summed E-state index contributed by atoms with van der Waals surface area (Å²) in [6.07, 6.45) is 0.729. The topological polar surface area (TPSA) is 62.3 Å². The number of hydrogen-bond donors (Lipinski definition) is 1. The molecule has 3 heterocycles. The van der Waals surface area contributed by atoms with E-state index in [0.717, 1.165) is 22.9 Å². The van der Waals surface area contributed by atoms with E-state index in [4.69, 9.17) is 0 Å². The molecule has 0 aliphatic carbocycles. The summed E-state index contributed by atoms with van der Waals surface area (Å²) in [5, 5.41) is 5.85. The summed E-state index contributed by atoms with van der Waals surface area (Å²) < 4.78 is 0. The number of nitrogens with one attached hydrogen (secondary N) is 1. The lowest BCUT2D eigenvalue weighted by Crippen LogP contribution is -2.46. The average molecular weight is 311 g/mol. The second-order valence-corrected chi connectivity index (χ2v) is 7.53. The molecule has 2 saturated heterocycles. The van der Waals surface area contributed by atoms with Gasteiger partial charge in [-0.2, -0.15) is 11.8 Å². The van der Waals surface area contributed by atoms with Crippen LogP contribution in [0.1, 0.15) is 36.9 Å². The van der Waals surface area contributed by atoms with E-state index >= 15 is 0 Å². The van der Waals surface area contributed by atoms with Crippen molar-refractivity contribution in [2.45, 2.75) is 38.3 Å². The number of urea groups is 1. The van der Waals surface area contributed by atoms with Gasteiger partial charge in [-0.25, -0.2) is 9.78 Å². The van der Waals surface area contributed by atoms with Gasteiger partial charge in [-0.3, -0.25) is 9.69 Å². The van der Waals surface area contributed by atoms with Crippen LogP contribution in [0.4, 0.5) is 4.79 Å². The second kappa shape index (κ2) is 5.04. The first-order chi connectivity index (χ1) is 9.52. The van der Waals surface area contributed by atoms with Crippen LogP contribution in [-0.2, 0) is 11.3 Å². The normalized spacial score (nSPS) is 26.1. The molecule has 0 radical (unpaired) electrons. The third-order valence-electron chi connectivity index (χ3n) is 3.65. The Balaban J connectivity index is 1.76. The monoisotopic (exact) mass is 311 g/mol. The van der Waals surface area contributed by atoms with Gasteiger partial charge >= 0.3 is 6.03 Å². The summed E-state index contributed by atoms with van der Waals surface area (Å²) in [7, 11) is 0. The summed E-state index contributed by atoms with van der Waals surface area (Å²) in [4.78, 5) is 30.3. The molecule has 1 spiro atoms. The molecule has 1 N–H and O–H groups in total. The summed E-state index contributed by atoms with van der Waals surface area (Å²) in [6.45, 7) is 4.45. The van der Waals surface area contributed by atoms with Crippen LogP contribution in [0.5, 0.6) is 0 Å². The van der Waals surface area contributed by atoms with Crippen molar-refractivity contribution < 1.29 is 9.59 Å². The molecular formula is C13H17N3O2S2. The number of thiazole rings is 1. The maximum atomic E-state index is 12.5. The van der Waals surface area contributed by atoms with Gasteiger partial charge in [0.25, 0.3) is 5.91 Å². The highest BCUT2D eigenvalue weighted by molar-refractivity contribution is 7.99. The maximum Gasteiger partial charge on any atom is 0.325 e. The van der Waals surface area contributed by atoms with Crippen LogP contribution in [0.2, 0.25) is 0 Å². The van der Waals surface area contributed by atoms with Crippen molar-refractivity contribution in [3.05, 3.63) is 16.1 Å². The minimum Gasteiger partial charge on any atom is -0.322 e. The fourth-order valence-corrected chi connectivity index (χ4v) is 4.63. The van der Waals surface area contributed by atoms with Gasteiger partial charge in [-0.1, -0.05) is 13.8 Å². The third-order valence-corrected chi connectivity index (χ3v) is 6.03. The Morgan fingerprint density at radius 2 is 2.30 bits per heavy atom. The zero-order valence-corrected chi connectivity index (χ0v) is 13.1. The van der Waals surface area contributed by atoms with Crippen molar-refractivity contribution in [3.63, 3.8) is 0 Å². The van der Waals surface area contributed by atoms with Crippen molar-refractivity contribution >= 4 is 35.0 Å². The molecule has 0 aromatic carbocycles. The van der Waals surface area contributed by atoms with Crippen molar-refractivity contribution in [3.8, 4) is 0 Å². The molecule has 1 aromatic rings. The molecule has 5 nitrogen and oxygen atoms in total. The predicted molar refractivity (Wildman–Crippen MR) is 80.0 cm³/mol. The molecular weight excluding hydrogens is 294 g/mol. The predicted octanol–water partition coefficient (Wildman–Crippen LogP) is 2.19. The molecule has 108 valence electrons. The van der Waals surface area contributed by atoms with E-state index in [1.165, 1.54) is 4.90 Å². The van der Waals surface area contributed by atoms with E-state index < -0.39 is 5.54 Å². The number of nitrogens with zero attached hydrogens (tertiary/aromatic N) is 2. The Labute approximate surface area is 126 Å². The van der Waals surface area contributed by atoms with Crippen LogP contribution in [-0.4, -0.2) is 38.9 Å². The van der Waals surface area contributed by atoms with Crippen LogP contribution >= 0.6 is 23.1 Å². The van der Waals surface area contributed by atoms with Crippen molar-refractivity contribution in [1.82, 2.24) is 15.2 Å². The molecule has 2 fully saturated rings. The highest BCUT2D eigenvalue weighted by atomic mass is 32.2. The first-order valence-corrected chi connectivity index (χ1v) is 8.71. The molecule has 1 atom stereocenters. The zero-order chi connectivity index (χ0) is 14.3. The van der Waals surface area contributed by atoms with Gasteiger partial charge in [0.15, 0.2) is 0 Å². The standard InChI is InChI=1S/C13H17N3O2S2/c1-8(2)10-14-9(6-20-10)5-16-11(17)13(15-12(16)18)3-4-19-7-13/h6,8H,3-5,7H2,1-2H3,(H,15,18)/t13-/m1/s1. The molecule has 2 aliphatic rings. The lowest BCUT2D eigenvalue weighted by molar-refractivity contribution is -0.130. The molecule has 0 saturated carbocycles. The summed E-state index contributed by atoms with van der Waals surface area (Å²) in [6, 6.07) is -0.281. The number of carbonyl (C=O) groups is 2. The molecule has 0 unspecified atom stereocenters. The van der Waals surface area contributed by atoms with Crippen LogP contribution < -0.4 is 5.32 Å². The number of aromatic nitrogens is 1. The zero-order valence-electron chi connectivity index (χ0n) is 11.5. The van der Waals surface area contributed by atoms with Crippen LogP contribution in [0.15, 0.2) is 5.38 Å². The van der Waals surface area contributed by atoms with Gasteiger partial charge in [0.05, 0.1) is 17.2 Å². The molecule has 20 heavy (non-hydrogen) atoms. The fourth-order valence-electron chi connectivity index (χ4n) is 2.47. The Kier molecular flexibility index (Phi) is 3.50. The molecule has 3 rings (SSSR count). The molecule has 3 amide bonds. The van der Waals surface area contributed by atoms with Crippen molar-refractivity contribution in [1.29, 1.82) is 0 Å². The van der Waals surface area contributed by atoms with E-state index in [9.17, 15) is 9.59 Å². The lowest BCUT2D eigenvalue weighted by Gasteiger charge is -2.18. The Morgan fingerprint density at radius 3 is 2.90 bits per heavy atom. The van der Waals surface area contributed by atoms with Crippen LogP contribution in [0.3, 0.4) is 0 Å². The van der Waals surface area contributed by atoms with Gasteiger partial charge in [-0.05, 0) is 12.2 Å². The van der Waals surface area contributed by atoms with Crippen molar-refractivity contribution in [2.75, 3.05) is 11.5 Å². The third kappa shape index (κ3) is 2.22. The minimum atomic E-state index is -0.654. The average Bonchev–Trinajstić information content (AvgIpc) is 3.08. The number of amides is 3.